The fourth-order valence-electron chi connectivity index (χ4n) is 8.88. The van der Waals surface area contributed by atoms with Gasteiger partial charge in [-0.15, -0.1) is 0 Å². The molecule has 0 aliphatic carbocycles. The summed E-state index contributed by atoms with van der Waals surface area (Å²) in [7, 11) is 0. The second-order valence-electron chi connectivity index (χ2n) is 20.0. The van der Waals surface area contributed by atoms with E-state index in [0.717, 1.165) is 66.7 Å². The summed E-state index contributed by atoms with van der Waals surface area (Å²) in [5.74, 6) is 2.09. The van der Waals surface area contributed by atoms with Crippen molar-refractivity contribution < 1.29 is 16.2 Å². The number of aromatic nitrogens is 4. The minimum absolute atomic E-state index is 0.0602. The number of nitrogens with zero attached hydrogens (tertiary/aromatic N) is 4. The second-order valence-corrected chi connectivity index (χ2v) is 20.0. The zero-order chi connectivity index (χ0) is 49.6. The van der Waals surface area contributed by atoms with Crippen LogP contribution in [0.4, 0.5) is 0 Å². The lowest BCUT2D eigenvalue weighted by Gasteiger charge is -2.26. The van der Waals surface area contributed by atoms with Crippen LogP contribution in [0.15, 0.2) is 176 Å². The topological polar surface area (TPSA) is 35.9 Å². The molecule has 65 heavy (non-hydrogen) atoms. The highest BCUT2D eigenvalue weighted by molar-refractivity contribution is 6.09. The number of para-hydroxylation sites is 2. The van der Waals surface area contributed by atoms with Gasteiger partial charge in [-0.2, -0.15) is 0 Å². The quantitative estimate of drug-likeness (QED) is 0.118. The summed E-state index contributed by atoms with van der Waals surface area (Å²) in [6, 6.07) is 45.9. The predicted molar refractivity (Wildman–Crippen MR) is 269 cm³/mol. The SMILES string of the molecule is [2H]c1c([2H])c([2H])c(-c2ccc3c(c2)n(-c2cccc(Oc4ccc5c6ccccc6n(-c6cc(C(C)(C)C)ccn6)c5c4)c2)[c-][n+]3-c2c(-c3cccc(C(C)(C)C)c3)cccc2C(C)(C)C)c([2H])c1[2H]. The summed E-state index contributed by atoms with van der Waals surface area (Å²) >= 11 is 0. The first-order valence-electron chi connectivity index (χ1n) is 24.8. The van der Waals surface area contributed by atoms with Crippen molar-refractivity contribution in [3.8, 4) is 50.9 Å². The molecule has 0 spiro atoms. The molecule has 10 aromatic rings. The van der Waals surface area contributed by atoms with Gasteiger partial charge in [0.05, 0.1) is 40.3 Å². The Bertz CT molecular complexity index is 3690. The molecule has 322 valence electrons. The molecule has 5 heteroatoms. The van der Waals surface area contributed by atoms with Gasteiger partial charge < -0.3 is 4.74 Å². The van der Waals surface area contributed by atoms with Gasteiger partial charge in [-0.3, -0.25) is 13.7 Å². The molecule has 0 radical (unpaired) electrons. The number of benzene rings is 7. The van der Waals surface area contributed by atoms with Gasteiger partial charge in [0.15, 0.2) is 0 Å². The molecule has 0 saturated heterocycles. The monoisotopic (exact) mass is 853 g/mol. The largest absolute Gasteiger partial charge is 0.458 e. The summed E-state index contributed by atoms with van der Waals surface area (Å²) < 4.78 is 56.3. The average Bonchev–Trinajstić information content (AvgIpc) is 3.87. The van der Waals surface area contributed by atoms with Crippen LogP contribution in [0.1, 0.15) is 85.9 Å². The fraction of sp³-hybridized carbons (Fsp3) is 0.200. The van der Waals surface area contributed by atoms with Gasteiger partial charge in [0.2, 0.25) is 0 Å². The van der Waals surface area contributed by atoms with E-state index < -0.39 is 6.04 Å². The molecule has 0 fully saturated rings. The standard InChI is InChI=1S/C60H56N4O/c1-58(2,3)43-21-15-20-42(34-43)48-25-17-26-51(60(7,8)9)57(48)63-39-62(55-35-41(28-31-53(55)63)40-18-11-10-12-19-40)45-22-16-23-46(37-45)65-47-29-30-50-49-24-13-14-27-52(49)64(54(50)38-47)56-36-44(32-33-61-56)59(4,5)6/h10-38H,1-9H3/i10D,11D,12D,18D,19D. The normalized spacial score (nSPS) is 13.5. The number of hydrogen-bond donors (Lipinski definition) is 0. The number of rotatable bonds is 7. The van der Waals surface area contributed by atoms with Crippen molar-refractivity contribution >= 4 is 32.8 Å². The van der Waals surface area contributed by atoms with E-state index in [4.69, 9.17) is 16.6 Å². The molecule has 0 amide bonds. The molecule has 7 aromatic carbocycles. The Morgan fingerprint density at radius 1 is 0.554 bits per heavy atom. The van der Waals surface area contributed by atoms with Gasteiger partial charge in [0, 0.05) is 23.0 Å². The first kappa shape index (κ1) is 36.1. The molecule has 0 aliphatic rings. The molecule has 5 nitrogen and oxygen atoms in total. The maximum atomic E-state index is 8.92. The zero-order valence-electron chi connectivity index (χ0n) is 43.6. The van der Waals surface area contributed by atoms with E-state index in [1.807, 2.05) is 59.3 Å². The van der Waals surface area contributed by atoms with Gasteiger partial charge in [0.1, 0.15) is 17.3 Å². The summed E-state index contributed by atoms with van der Waals surface area (Å²) in [4.78, 5) is 4.87. The van der Waals surface area contributed by atoms with Crippen LogP contribution < -0.4 is 9.30 Å². The predicted octanol–water partition coefficient (Wildman–Crippen LogP) is 15.2. The highest BCUT2D eigenvalue weighted by atomic mass is 16.5. The Balaban J connectivity index is 1.16. The lowest BCUT2D eigenvalue weighted by Crippen LogP contribution is -2.34. The molecular formula is C60H56N4O. The lowest BCUT2D eigenvalue weighted by atomic mass is 9.82. The van der Waals surface area contributed by atoms with Crippen LogP contribution in [0.2, 0.25) is 0 Å². The highest BCUT2D eigenvalue weighted by Gasteiger charge is 2.26. The summed E-state index contributed by atoms with van der Waals surface area (Å²) in [6.07, 6.45) is 5.65. The second kappa shape index (κ2) is 15.8. The molecule has 3 heterocycles. The van der Waals surface area contributed by atoms with Crippen LogP contribution in [-0.2, 0) is 16.2 Å². The summed E-state index contributed by atoms with van der Waals surface area (Å²) in [5, 5.41) is 2.21. The highest BCUT2D eigenvalue weighted by Crippen LogP contribution is 2.39. The lowest BCUT2D eigenvalue weighted by molar-refractivity contribution is -0.572. The number of hydrogen-bond acceptors (Lipinski definition) is 2. The van der Waals surface area contributed by atoms with E-state index in [9.17, 15) is 0 Å². The van der Waals surface area contributed by atoms with Gasteiger partial charge in [0.25, 0.3) is 6.33 Å². The number of ether oxygens (including phenoxy) is 1. The molecule has 3 aromatic heterocycles. The van der Waals surface area contributed by atoms with Crippen molar-refractivity contribution in [1.82, 2.24) is 14.1 Å². The van der Waals surface area contributed by atoms with Crippen LogP contribution in [0.5, 0.6) is 11.5 Å². The van der Waals surface area contributed by atoms with E-state index in [0.29, 0.717) is 17.1 Å². The van der Waals surface area contributed by atoms with Crippen LogP contribution >= 0.6 is 0 Å². The Labute approximate surface area is 390 Å². The average molecular weight is 854 g/mol. The van der Waals surface area contributed by atoms with E-state index in [1.54, 1.807) is 0 Å². The smallest absolute Gasteiger partial charge is 0.269 e. The van der Waals surface area contributed by atoms with Crippen molar-refractivity contribution in [2.75, 3.05) is 0 Å². The van der Waals surface area contributed by atoms with E-state index in [-0.39, 0.29) is 46.0 Å². The van der Waals surface area contributed by atoms with Gasteiger partial charge in [-0.1, -0.05) is 171 Å². The third-order valence-electron chi connectivity index (χ3n) is 12.4. The van der Waals surface area contributed by atoms with Crippen molar-refractivity contribution in [2.24, 2.45) is 0 Å². The summed E-state index contributed by atoms with van der Waals surface area (Å²) in [6.45, 7) is 20.0. The van der Waals surface area contributed by atoms with Crippen LogP contribution in [-0.4, -0.2) is 14.1 Å². The third-order valence-corrected chi connectivity index (χ3v) is 12.4. The Kier molecular flexibility index (Phi) is 8.77. The van der Waals surface area contributed by atoms with Crippen LogP contribution in [0.3, 0.4) is 0 Å². The van der Waals surface area contributed by atoms with Gasteiger partial charge >= 0.3 is 0 Å². The Morgan fingerprint density at radius 3 is 2.06 bits per heavy atom. The van der Waals surface area contributed by atoms with E-state index >= 15 is 0 Å². The molecule has 10 rings (SSSR count). The first-order valence-corrected chi connectivity index (χ1v) is 22.3. The minimum Gasteiger partial charge on any atom is -0.458 e. The molecule has 0 atom stereocenters. The van der Waals surface area contributed by atoms with Crippen molar-refractivity contribution in [3.63, 3.8) is 0 Å². The minimum atomic E-state index is -0.430. The molecule has 0 N–H and O–H groups in total. The van der Waals surface area contributed by atoms with E-state index in [2.05, 4.69) is 169 Å². The first-order chi connectivity index (χ1) is 33.2. The molecule has 0 unspecified atom stereocenters. The van der Waals surface area contributed by atoms with Crippen molar-refractivity contribution in [1.29, 1.82) is 0 Å². The number of fused-ring (bicyclic) bond motifs is 4. The molecule has 0 bridgehead atoms. The number of pyridine rings is 1. The van der Waals surface area contributed by atoms with Crippen LogP contribution in [0.25, 0.3) is 72.3 Å². The Morgan fingerprint density at radius 2 is 1.28 bits per heavy atom. The van der Waals surface area contributed by atoms with Crippen LogP contribution in [0, 0.1) is 6.33 Å². The molecular weight excluding hydrogens is 793 g/mol. The Hall–Kier alpha value is -7.24. The van der Waals surface area contributed by atoms with Crippen molar-refractivity contribution in [3.05, 3.63) is 199 Å². The van der Waals surface area contributed by atoms with Gasteiger partial charge in [-0.25, -0.2) is 4.98 Å². The van der Waals surface area contributed by atoms with Crippen molar-refractivity contribution in [2.45, 2.75) is 78.6 Å². The fourth-order valence-corrected chi connectivity index (χ4v) is 8.88. The molecule has 0 aliphatic heterocycles. The number of imidazole rings is 1. The maximum absolute atomic E-state index is 8.92. The van der Waals surface area contributed by atoms with Gasteiger partial charge in [-0.05, 0) is 110 Å². The molecule has 0 saturated carbocycles. The zero-order valence-corrected chi connectivity index (χ0v) is 38.6. The van der Waals surface area contributed by atoms with E-state index in [1.165, 1.54) is 11.1 Å². The third kappa shape index (κ3) is 7.80. The summed E-state index contributed by atoms with van der Waals surface area (Å²) in [5.41, 5.74) is 11.2. The maximum Gasteiger partial charge on any atom is 0.269 e.